The number of carbonyl (C=O) groups is 1. The highest BCUT2D eigenvalue weighted by molar-refractivity contribution is 5.97. The molecule has 2 heterocycles. The van der Waals surface area contributed by atoms with E-state index in [9.17, 15) is 4.79 Å². The quantitative estimate of drug-likeness (QED) is 0.703. The minimum Gasteiger partial charge on any atom is -0.336 e. The molecule has 0 bridgehead atoms. The molecule has 0 spiro atoms. The maximum absolute atomic E-state index is 13.1. The number of benzene rings is 2. The van der Waals surface area contributed by atoms with E-state index in [-0.39, 0.29) is 5.91 Å². The van der Waals surface area contributed by atoms with Crippen molar-refractivity contribution in [3.8, 4) is 0 Å². The molecule has 1 aromatic heterocycles. The van der Waals surface area contributed by atoms with Gasteiger partial charge in [0.25, 0.3) is 5.91 Å². The highest BCUT2D eigenvalue weighted by Gasteiger charge is 2.25. The molecule has 5 nitrogen and oxygen atoms in total. The summed E-state index contributed by atoms with van der Waals surface area (Å²) >= 11 is 0. The van der Waals surface area contributed by atoms with Crippen molar-refractivity contribution in [3.63, 3.8) is 0 Å². The average molecular weight is 377 g/mol. The molecule has 0 aliphatic carbocycles. The summed E-state index contributed by atoms with van der Waals surface area (Å²) in [6.45, 7) is 10.2. The largest absolute Gasteiger partial charge is 0.336 e. The van der Waals surface area contributed by atoms with Crippen LogP contribution in [0, 0.1) is 20.8 Å². The van der Waals surface area contributed by atoms with Gasteiger partial charge in [0.1, 0.15) is 5.82 Å². The van der Waals surface area contributed by atoms with Crippen LogP contribution in [-0.2, 0) is 13.6 Å². The van der Waals surface area contributed by atoms with Gasteiger partial charge in [-0.1, -0.05) is 29.8 Å². The van der Waals surface area contributed by atoms with Crippen molar-refractivity contribution in [3.05, 3.63) is 64.5 Å². The Morgan fingerprint density at radius 3 is 2.29 bits per heavy atom. The van der Waals surface area contributed by atoms with Gasteiger partial charge in [-0.05, 0) is 44.0 Å². The van der Waals surface area contributed by atoms with Crippen LogP contribution < -0.4 is 0 Å². The lowest BCUT2D eigenvalue weighted by molar-refractivity contribution is 0.0623. The molecule has 2 aromatic carbocycles. The van der Waals surface area contributed by atoms with E-state index >= 15 is 0 Å². The fraction of sp³-hybridized carbons (Fsp3) is 0.391. The van der Waals surface area contributed by atoms with Crippen LogP contribution in [0.3, 0.4) is 0 Å². The maximum atomic E-state index is 13.1. The van der Waals surface area contributed by atoms with Crippen molar-refractivity contribution in [1.29, 1.82) is 0 Å². The van der Waals surface area contributed by atoms with Gasteiger partial charge in [-0.25, -0.2) is 4.98 Å². The number of fused-ring (bicyclic) bond motifs is 1. The van der Waals surface area contributed by atoms with Crippen molar-refractivity contribution >= 4 is 16.9 Å². The summed E-state index contributed by atoms with van der Waals surface area (Å²) in [5, 5.41) is 0. The topological polar surface area (TPSA) is 41.4 Å². The van der Waals surface area contributed by atoms with Crippen LogP contribution in [0.15, 0.2) is 36.4 Å². The third-order valence-electron chi connectivity index (χ3n) is 5.80. The van der Waals surface area contributed by atoms with Gasteiger partial charge in [0.2, 0.25) is 0 Å². The number of imidazole rings is 1. The Morgan fingerprint density at radius 2 is 1.64 bits per heavy atom. The van der Waals surface area contributed by atoms with E-state index in [2.05, 4.69) is 47.7 Å². The van der Waals surface area contributed by atoms with E-state index in [0.29, 0.717) is 0 Å². The van der Waals surface area contributed by atoms with Crippen molar-refractivity contribution in [2.24, 2.45) is 7.05 Å². The first-order valence-electron chi connectivity index (χ1n) is 9.94. The fourth-order valence-corrected chi connectivity index (χ4v) is 4.32. The predicted molar refractivity (Wildman–Crippen MR) is 113 cm³/mol. The van der Waals surface area contributed by atoms with Crippen LogP contribution in [-0.4, -0.2) is 51.4 Å². The number of rotatable bonds is 3. The highest BCUT2D eigenvalue weighted by atomic mass is 16.2. The molecule has 5 heteroatoms. The Balaban J connectivity index is 1.43. The molecule has 0 N–H and O–H groups in total. The number of aromatic nitrogens is 2. The Labute approximate surface area is 166 Å². The number of hydrogen-bond acceptors (Lipinski definition) is 3. The Hall–Kier alpha value is -2.66. The van der Waals surface area contributed by atoms with E-state index in [1.165, 1.54) is 5.56 Å². The normalized spacial score (nSPS) is 15.4. The monoisotopic (exact) mass is 376 g/mol. The standard InChI is InChI=1S/C23H28N4O/c1-16-13-17(2)22(18(3)14-16)23(28)27-11-9-26(10-12-27)15-21-24-19-7-5-6-8-20(19)25(21)4/h5-8,13-14H,9-12,15H2,1-4H3. The predicted octanol–water partition coefficient (Wildman–Crippen LogP) is 3.46. The third kappa shape index (κ3) is 3.42. The van der Waals surface area contributed by atoms with E-state index in [4.69, 9.17) is 4.98 Å². The van der Waals surface area contributed by atoms with Gasteiger partial charge >= 0.3 is 0 Å². The zero-order valence-electron chi connectivity index (χ0n) is 17.2. The number of hydrogen-bond donors (Lipinski definition) is 0. The summed E-state index contributed by atoms with van der Waals surface area (Å²) in [5.74, 6) is 1.24. The minimum atomic E-state index is 0.164. The lowest BCUT2D eigenvalue weighted by Crippen LogP contribution is -2.48. The molecule has 4 rings (SSSR count). The van der Waals surface area contributed by atoms with Gasteiger partial charge in [-0.2, -0.15) is 0 Å². The second-order valence-electron chi connectivity index (χ2n) is 7.92. The number of para-hydroxylation sites is 2. The summed E-state index contributed by atoms with van der Waals surface area (Å²) in [6.07, 6.45) is 0. The van der Waals surface area contributed by atoms with Crippen LogP contribution in [0.4, 0.5) is 0 Å². The number of piperazine rings is 1. The second kappa shape index (κ2) is 7.40. The van der Waals surface area contributed by atoms with Gasteiger partial charge in [-0.3, -0.25) is 9.69 Å². The Bertz CT molecular complexity index is 1010. The first-order chi connectivity index (χ1) is 13.4. The van der Waals surface area contributed by atoms with Gasteiger partial charge < -0.3 is 9.47 Å². The van der Waals surface area contributed by atoms with Crippen LogP contribution in [0.2, 0.25) is 0 Å². The van der Waals surface area contributed by atoms with E-state index in [1.54, 1.807) is 0 Å². The third-order valence-corrected chi connectivity index (χ3v) is 5.80. The summed E-state index contributed by atoms with van der Waals surface area (Å²) < 4.78 is 2.17. The van der Waals surface area contributed by atoms with Gasteiger partial charge in [0.15, 0.2) is 0 Å². The molecule has 3 aromatic rings. The zero-order valence-corrected chi connectivity index (χ0v) is 17.2. The number of amides is 1. The van der Waals surface area contributed by atoms with Gasteiger partial charge in [-0.15, -0.1) is 0 Å². The number of carbonyl (C=O) groups excluding carboxylic acids is 1. The number of nitrogens with zero attached hydrogens (tertiary/aromatic N) is 4. The number of aryl methyl sites for hydroxylation is 4. The van der Waals surface area contributed by atoms with Crippen LogP contribution in [0.1, 0.15) is 32.9 Å². The van der Waals surface area contributed by atoms with Crippen LogP contribution in [0.5, 0.6) is 0 Å². The molecule has 0 unspecified atom stereocenters. The van der Waals surface area contributed by atoms with Crippen LogP contribution in [0.25, 0.3) is 11.0 Å². The molecule has 0 atom stereocenters. The maximum Gasteiger partial charge on any atom is 0.254 e. The van der Waals surface area contributed by atoms with E-state index < -0.39 is 0 Å². The highest BCUT2D eigenvalue weighted by Crippen LogP contribution is 2.20. The van der Waals surface area contributed by atoms with E-state index in [1.807, 2.05) is 30.9 Å². The lowest BCUT2D eigenvalue weighted by Gasteiger charge is -2.35. The molecule has 146 valence electrons. The molecule has 1 aliphatic rings. The minimum absolute atomic E-state index is 0.164. The Morgan fingerprint density at radius 1 is 1.00 bits per heavy atom. The van der Waals surface area contributed by atoms with Crippen molar-refractivity contribution < 1.29 is 4.79 Å². The SMILES string of the molecule is Cc1cc(C)c(C(=O)N2CCN(Cc3nc4ccccc4n3C)CC2)c(C)c1. The molecule has 28 heavy (non-hydrogen) atoms. The summed E-state index contributed by atoms with van der Waals surface area (Å²) in [4.78, 5) is 22.2. The fourth-order valence-electron chi connectivity index (χ4n) is 4.32. The van der Waals surface area contributed by atoms with Gasteiger partial charge in [0, 0.05) is 38.8 Å². The second-order valence-corrected chi connectivity index (χ2v) is 7.92. The molecular formula is C23H28N4O. The van der Waals surface area contributed by atoms with Crippen molar-refractivity contribution in [2.75, 3.05) is 26.2 Å². The average Bonchev–Trinajstić information content (AvgIpc) is 2.97. The lowest BCUT2D eigenvalue weighted by atomic mass is 9.98. The first-order valence-corrected chi connectivity index (χ1v) is 9.94. The molecule has 1 saturated heterocycles. The smallest absolute Gasteiger partial charge is 0.254 e. The summed E-state index contributed by atoms with van der Waals surface area (Å²) in [6, 6.07) is 12.4. The first kappa shape index (κ1) is 18.7. The van der Waals surface area contributed by atoms with E-state index in [0.717, 1.165) is 66.3 Å². The zero-order chi connectivity index (χ0) is 19.8. The molecule has 1 aliphatic heterocycles. The van der Waals surface area contributed by atoms with Gasteiger partial charge in [0.05, 0.1) is 17.6 Å². The Kier molecular flexibility index (Phi) is 4.94. The molecule has 0 saturated carbocycles. The molecular weight excluding hydrogens is 348 g/mol. The van der Waals surface area contributed by atoms with Crippen molar-refractivity contribution in [1.82, 2.24) is 19.4 Å². The molecule has 0 radical (unpaired) electrons. The summed E-state index contributed by atoms with van der Waals surface area (Å²) in [5.41, 5.74) is 6.43. The molecule has 1 amide bonds. The van der Waals surface area contributed by atoms with Crippen LogP contribution >= 0.6 is 0 Å². The van der Waals surface area contributed by atoms with Crippen molar-refractivity contribution in [2.45, 2.75) is 27.3 Å². The summed E-state index contributed by atoms with van der Waals surface area (Å²) in [7, 11) is 2.08. The molecule has 1 fully saturated rings.